The zero-order chi connectivity index (χ0) is 18.9. The molecule has 8 heteroatoms. The van der Waals surface area contributed by atoms with Crippen molar-refractivity contribution in [3.8, 4) is 0 Å². The van der Waals surface area contributed by atoms with Crippen molar-refractivity contribution in [3.05, 3.63) is 34.7 Å². The minimum Gasteiger partial charge on any atom is -0.469 e. The van der Waals surface area contributed by atoms with Gasteiger partial charge < -0.3 is 14.6 Å². The molecule has 0 unspecified atom stereocenters. The van der Waals surface area contributed by atoms with Gasteiger partial charge in [0.1, 0.15) is 5.76 Å². The van der Waals surface area contributed by atoms with Crippen LogP contribution in [0.2, 0.25) is 0 Å². The molecule has 2 aromatic heterocycles. The number of carbonyl (C=O) groups excluding carboxylic acids is 2. The van der Waals surface area contributed by atoms with Crippen molar-refractivity contribution in [1.82, 2.24) is 15.2 Å². The maximum absolute atomic E-state index is 12.6. The Hall–Kier alpha value is -2.19. The molecule has 2 amide bonds. The minimum atomic E-state index is -0.250. The average molecular weight is 388 g/mol. The summed E-state index contributed by atoms with van der Waals surface area (Å²) in [5.74, 6) is 0.435. The summed E-state index contributed by atoms with van der Waals surface area (Å²) in [5, 5.41) is 8.55. The highest BCUT2D eigenvalue weighted by atomic mass is 32.1. The highest BCUT2D eigenvalue weighted by Crippen LogP contribution is 2.37. The molecule has 2 saturated heterocycles. The molecule has 0 radical (unpaired) electrons. The van der Waals surface area contributed by atoms with Gasteiger partial charge in [-0.3, -0.25) is 14.9 Å². The van der Waals surface area contributed by atoms with Crippen LogP contribution in [0, 0.1) is 12.3 Å². The van der Waals surface area contributed by atoms with Crippen molar-refractivity contribution in [2.24, 2.45) is 5.41 Å². The van der Waals surface area contributed by atoms with Crippen LogP contribution in [0.3, 0.4) is 0 Å². The lowest BCUT2D eigenvalue weighted by molar-refractivity contribution is -0.132. The molecular weight excluding hydrogens is 364 g/mol. The zero-order valence-corrected chi connectivity index (χ0v) is 16.2. The van der Waals surface area contributed by atoms with Gasteiger partial charge in [-0.25, -0.2) is 4.98 Å². The topological polar surface area (TPSA) is 87.5 Å². The number of carbonyl (C=O) groups is 2. The first-order valence-corrected chi connectivity index (χ1v) is 10.2. The fraction of sp³-hybridized carbons (Fsp3) is 0.526. The standard InChI is InChI=1S/C19H24N4O3S/c1-13-15(2-9-26-13)17(25)22-18-21-14(11-27-18)10-16(24)23-7-4-19(5-8-23)3-6-20-12-19/h2,9,11,20H,3-8,10,12H2,1H3,(H,21,22,25). The summed E-state index contributed by atoms with van der Waals surface area (Å²) in [7, 11) is 0. The molecule has 4 rings (SSSR count). The molecule has 0 bridgehead atoms. The van der Waals surface area contributed by atoms with E-state index in [-0.39, 0.29) is 18.2 Å². The van der Waals surface area contributed by atoms with Gasteiger partial charge in [0, 0.05) is 25.0 Å². The van der Waals surface area contributed by atoms with Gasteiger partial charge in [-0.2, -0.15) is 0 Å². The molecule has 0 atom stereocenters. The van der Waals surface area contributed by atoms with Crippen LogP contribution in [0.5, 0.6) is 0 Å². The van der Waals surface area contributed by atoms with Crippen molar-refractivity contribution in [2.45, 2.75) is 32.6 Å². The Morgan fingerprint density at radius 1 is 1.37 bits per heavy atom. The number of hydrogen-bond donors (Lipinski definition) is 2. The Kier molecular flexibility index (Phi) is 5.01. The molecule has 2 N–H and O–H groups in total. The lowest BCUT2D eigenvalue weighted by Crippen LogP contribution is -2.44. The largest absolute Gasteiger partial charge is 0.469 e. The average Bonchev–Trinajstić information content (AvgIpc) is 3.38. The number of likely N-dealkylation sites (tertiary alicyclic amines) is 1. The van der Waals surface area contributed by atoms with E-state index in [1.807, 2.05) is 10.3 Å². The predicted molar refractivity (Wildman–Crippen MR) is 103 cm³/mol. The maximum atomic E-state index is 12.6. The van der Waals surface area contributed by atoms with Crippen LogP contribution >= 0.6 is 11.3 Å². The van der Waals surface area contributed by atoms with Crippen LogP contribution in [0.25, 0.3) is 0 Å². The van der Waals surface area contributed by atoms with Crippen molar-refractivity contribution in [1.29, 1.82) is 0 Å². The number of thiazole rings is 1. The molecule has 0 aromatic carbocycles. The van der Waals surface area contributed by atoms with Crippen molar-refractivity contribution in [2.75, 3.05) is 31.5 Å². The number of rotatable bonds is 4. The monoisotopic (exact) mass is 388 g/mol. The van der Waals surface area contributed by atoms with E-state index in [0.717, 1.165) is 39.0 Å². The number of piperidine rings is 1. The predicted octanol–water partition coefficient (Wildman–Crippen LogP) is 2.44. The van der Waals surface area contributed by atoms with Crippen LogP contribution in [0.4, 0.5) is 5.13 Å². The Labute approximate surface area is 162 Å². The molecule has 2 fully saturated rings. The molecule has 2 aliphatic heterocycles. The van der Waals surface area contributed by atoms with E-state index in [4.69, 9.17) is 4.42 Å². The summed E-state index contributed by atoms with van der Waals surface area (Å²) >= 11 is 1.33. The van der Waals surface area contributed by atoms with Crippen LogP contribution in [-0.4, -0.2) is 47.9 Å². The molecule has 0 saturated carbocycles. The van der Waals surface area contributed by atoms with Gasteiger partial charge in [-0.15, -0.1) is 11.3 Å². The third-order valence-corrected chi connectivity index (χ3v) is 6.52. The summed E-state index contributed by atoms with van der Waals surface area (Å²) < 4.78 is 5.15. The van der Waals surface area contributed by atoms with Gasteiger partial charge >= 0.3 is 0 Å². The van der Waals surface area contributed by atoms with Crippen molar-refractivity contribution < 1.29 is 14.0 Å². The fourth-order valence-electron chi connectivity index (χ4n) is 3.95. The Balaban J connectivity index is 1.31. The van der Waals surface area contributed by atoms with E-state index in [1.165, 1.54) is 24.0 Å². The maximum Gasteiger partial charge on any atom is 0.260 e. The highest BCUT2D eigenvalue weighted by Gasteiger charge is 2.38. The first-order chi connectivity index (χ1) is 13.0. The first kappa shape index (κ1) is 18.2. The molecular formula is C19H24N4O3S. The van der Waals surface area contributed by atoms with Crippen LogP contribution < -0.4 is 10.6 Å². The van der Waals surface area contributed by atoms with Crippen molar-refractivity contribution in [3.63, 3.8) is 0 Å². The second-order valence-corrected chi connectivity index (χ2v) is 8.33. The van der Waals surface area contributed by atoms with E-state index < -0.39 is 0 Å². The van der Waals surface area contributed by atoms with Gasteiger partial charge in [-0.1, -0.05) is 0 Å². The van der Waals surface area contributed by atoms with Gasteiger partial charge in [0.05, 0.1) is 23.9 Å². The number of furan rings is 1. The molecule has 0 aliphatic carbocycles. The van der Waals surface area contributed by atoms with E-state index >= 15 is 0 Å². The number of nitrogens with one attached hydrogen (secondary N) is 2. The minimum absolute atomic E-state index is 0.115. The number of aryl methyl sites for hydroxylation is 1. The first-order valence-electron chi connectivity index (χ1n) is 9.33. The molecule has 4 heterocycles. The number of anilines is 1. The van der Waals surface area contributed by atoms with Gasteiger partial charge in [-0.05, 0) is 44.2 Å². The van der Waals surface area contributed by atoms with Crippen molar-refractivity contribution >= 4 is 28.3 Å². The number of amides is 2. The van der Waals surface area contributed by atoms with E-state index in [2.05, 4.69) is 15.6 Å². The molecule has 7 nitrogen and oxygen atoms in total. The summed E-state index contributed by atoms with van der Waals surface area (Å²) in [6.45, 7) is 5.58. The van der Waals surface area contributed by atoms with E-state index in [1.54, 1.807) is 13.0 Å². The van der Waals surface area contributed by atoms with E-state index in [0.29, 0.717) is 27.6 Å². The number of nitrogens with zero attached hydrogens (tertiary/aromatic N) is 2. The van der Waals surface area contributed by atoms with Gasteiger partial charge in [0.15, 0.2) is 5.13 Å². The fourth-order valence-corrected chi connectivity index (χ4v) is 4.66. The van der Waals surface area contributed by atoms with Crippen LogP contribution in [0.1, 0.15) is 41.1 Å². The SMILES string of the molecule is Cc1occc1C(=O)Nc1nc(CC(=O)N2CCC3(CCNC3)CC2)cs1. The summed E-state index contributed by atoms with van der Waals surface area (Å²) in [6.07, 6.45) is 5.14. The lowest BCUT2D eigenvalue weighted by Gasteiger charge is -2.38. The second kappa shape index (κ2) is 7.44. The zero-order valence-electron chi connectivity index (χ0n) is 15.4. The highest BCUT2D eigenvalue weighted by molar-refractivity contribution is 7.14. The summed E-state index contributed by atoms with van der Waals surface area (Å²) in [5.41, 5.74) is 1.60. The molecule has 2 aliphatic rings. The lowest BCUT2D eigenvalue weighted by atomic mass is 9.78. The smallest absolute Gasteiger partial charge is 0.260 e. The third-order valence-electron chi connectivity index (χ3n) is 5.72. The molecule has 2 aromatic rings. The molecule has 1 spiro atoms. The van der Waals surface area contributed by atoms with E-state index in [9.17, 15) is 9.59 Å². The summed E-state index contributed by atoms with van der Waals surface area (Å²) in [4.78, 5) is 31.2. The number of aromatic nitrogens is 1. The Bertz CT molecular complexity index is 828. The third kappa shape index (κ3) is 3.91. The van der Waals surface area contributed by atoms with Crippen LogP contribution in [0.15, 0.2) is 22.1 Å². The Morgan fingerprint density at radius 2 is 2.19 bits per heavy atom. The molecule has 144 valence electrons. The van der Waals surface area contributed by atoms with Crippen LogP contribution in [-0.2, 0) is 11.2 Å². The van der Waals surface area contributed by atoms with Gasteiger partial charge in [0.25, 0.3) is 5.91 Å². The molecule has 27 heavy (non-hydrogen) atoms. The quantitative estimate of drug-likeness (QED) is 0.840. The Morgan fingerprint density at radius 3 is 2.85 bits per heavy atom. The van der Waals surface area contributed by atoms with Gasteiger partial charge in [0.2, 0.25) is 5.91 Å². The summed E-state index contributed by atoms with van der Waals surface area (Å²) in [6, 6.07) is 1.63. The second-order valence-electron chi connectivity index (χ2n) is 7.47. The number of hydrogen-bond acceptors (Lipinski definition) is 6. The normalized spacial score (nSPS) is 18.8.